The molecule has 0 spiro atoms. The van der Waals surface area contributed by atoms with Gasteiger partial charge in [0.15, 0.2) is 0 Å². The van der Waals surface area contributed by atoms with Crippen LogP contribution in [-0.2, 0) is 13.2 Å². The number of carbonyl (C=O) groups is 3. The van der Waals surface area contributed by atoms with Crippen molar-refractivity contribution < 1.29 is 37.4 Å². The van der Waals surface area contributed by atoms with Gasteiger partial charge in [-0.15, -0.1) is 0 Å². The van der Waals surface area contributed by atoms with Crippen LogP contribution in [0.5, 0.6) is 11.6 Å². The summed E-state index contributed by atoms with van der Waals surface area (Å²) in [6, 6.07) is 14.2. The van der Waals surface area contributed by atoms with Crippen molar-refractivity contribution in [2.75, 3.05) is 38.1 Å². The minimum absolute atomic E-state index is 0.0991. The number of nitrogens with zero attached hydrogens (tertiary/aromatic N) is 5. The van der Waals surface area contributed by atoms with E-state index in [0.717, 1.165) is 35.2 Å². The highest BCUT2D eigenvalue weighted by molar-refractivity contribution is 6.05. The number of ether oxygens (including phenoxy) is 1. The molecule has 2 aromatic carbocycles. The minimum Gasteiger partial charge on any atom is -0.465 e. The first-order chi connectivity index (χ1) is 19.9. The molecule has 3 heterocycles. The van der Waals surface area contributed by atoms with E-state index in [4.69, 9.17) is 9.84 Å². The van der Waals surface area contributed by atoms with Gasteiger partial charge in [-0.3, -0.25) is 9.59 Å². The number of rotatable bonds is 5. The molecule has 0 radical (unpaired) electrons. The maximum atomic E-state index is 13.1. The fourth-order valence-corrected chi connectivity index (χ4v) is 4.71. The van der Waals surface area contributed by atoms with Gasteiger partial charge in [-0.25, -0.2) is 9.78 Å². The number of amides is 3. The van der Waals surface area contributed by atoms with Crippen molar-refractivity contribution in [3.05, 3.63) is 83.7 Å². The first-order valence-electron chi connectivity index (χ1n) is 12.9. The van der Waals surface area contributed by atoms with Crippen LogP contribution in [0.1, 0.15) is 26.4 Å². The predicted molar refractivity (Wildman–Crippen MR) is 147 cm³/mol. The standard InChI is InChI=1S/C29H26F3N5O5/c1-34(26(38)18-3-6-20(7-4-18)29(30,31)32)21-8-10-25(33-17-21)42-22-9-5-19-15-24(35(2)23(19)16-22)27(39)36-11-13-37(14-12-36)28(40)41/h3-10,15-17H,11-14H2,1-2H3,(H,40,41). The Morgan fingerprint density at radius 2 is 1.60 bits per heavy atom. The van der Waals surface area contributed by atoms with Crippen LogP contribution in [0.15, 0.2) is 66.9 Å². The number of carbonyl (C=O) groups excluding carboxylic acids is 2. The molecule has 5 rings (SSSR count). The van der Waals surface area contributed by atoms with Crippen molar-refractivity contribution in [1.82, 2.24) is 19.4 Å². The zero-order chi connectivity index (χ0) is 30.2. The van der Waals surface area contributed by atoms with Crippen molar-refractivity contribution in [1.29, 1.82) is 0 Å². The number of pyridine rings is 1. The summed E-state index contributed by atoms with van der Waals surface area (Å²) in [6.07, 6.45) is -4.07. The van der Waals surface area contributed by atoms with E-state index in [1.807, 2.05) is 6.07 Å². The van der Waals surface area contributed by atoms with Crippen LogP contribution in [0.4, 0.5) is 23.7 Å². The van der Waals surface area contributed by atoms with Crippen LogP contribution in [0.3, 0.4) is 0 Å². The summed E-state index contributed by atoms with van der Waals surface area (Å²) in [5, 5.41) is 9.96. The number of alkyl halides is 3. The first kappa shape index (κ1) is 28.5. The SMILES string of the molecule is CN(C(=O)c1ccc(C(F)(F)F)cc1)c1ccc(Oc2ccc3cc(C(=O)N4CCN(C(=O)O)CC4)n(C)c3c2)nc1. The second-order valence-electron chi connectivity index (χ2n) is 9.77. The number of aryl methyl sites for hydroxylation is 1. The first-order valence-corrected chi connectivity index (χ1v) is 12.9. The van der Waals surface area contributed by atoms with Crippen LogP contribution < -0.4 is 9.64 Å². The molecule has 1 N–H and O–H groups in total. The topological polar surface area (TPSA) is 108 Å². The fourth-order valence-electron chi connectivity index (χ4n) is 4.71. The second-order valence-corrected chi connectivity index (χ2v) is 9.77. The van der Waals surface area contributed by atoms with E-state index >= 15 is 0 Å². The molecule has 0 bridgehead atoms. The molecule has 1 fully saturated rings. The van der Waals surface area contributed by atoms with Crippen LogP contribution in [-0.4, -0.2) is 75.6 Å². The predicted octanol–water partition coefficient (Wildman–Crippen LogP) is 5.10. The Balaban J connectivity index is 1.26. The average Bonchev–Trinajstić information content (AvgIpc) is 3.31. The van der Waals surface area contributed by atoms with Gasteiger partial charge in [-0.1, -0.05) is 0 Å². The third kappa shape index (κ3) is 5.71. The van der Waals surface area contributed by atoms with E-state index in [1.54, 1.807) is 46.8 Å². The molecule has 0 aliphatic carbocycles. The summed E-state index contributed by atoms with van der Waals surface area (Å²) >= 11 is 0. The maximum Gasteiger partial charge on any atom is 0.416 e. The molecule has 10 nitrogen and oxygen atoms in total. The molecule has 4 aromatic rings. The Morgan fingerprint density at radius 1 is 0.929 bits per heavy atom. The summed E-state index contributed by atoms with van der Waals surface area (Å²) in [5.74, 6) is 0.0263. The monoisotopic (exact) mass is 581 g/mol. The van der Waals surface area contributed by atoms with Gasteiger partial charge >= 0.3 is 12.3 Å². The van der Waals surface area contributed by atoms with Crippen molar-refractivity contribution >= 4 is 34.5 Å². The number of piperazine rings is 1. The highest BCUT2D eigenvalue weighted by Crippen LogP contribution is 2.30. The molecule has 0 saturated carbocycles. The molecule has 13 heteroatoms. The third-order valence-electron chi connectivity index (χ3n) is 7.17. The Bertz CT molecular complexity index is 1640. The molecule has 42 heavy (non-hydrogen) atoms. The van der Waals surface area contributed by atoms with Crippen molar-refractivity contribution in [3.8, 4) is 11.6 Å². The van der Waals surface area contributed by atoms with E-state index in [9.17, 15) is 27.6 Å². The van der Waals surface area contributed by atoms with E-state index in [2.05, 4.69) is 4.98 Å². The van der Waals surface area contributed by atoms with E-state index in [-0.39, 0.29) is 30.4 Å². The summed E-state index contributed by atoms with van der Waals surface area (Å²) in [4.78, 5) is 45.5. The van der Waals surface area contributed by atoms with E-state index < -0.39 is 23.7 Å². The van der Waals surface area contributed by atoms with Gasteiger partial charge in [0.25, 0.3) is 11.8 Å². The lowest BCUT2D eigenvalue weighted by molar-refractivity contribution is -0.137. The van der Waals surface area contributed by atoms with Crippen LogP contribution in [0.25, 0.3) is 10.9 Å². The van der Waals surface area contributed by atoms with Gasteiger partial charge in [0, 0.05) is 63.4 Å². The molecule has 1 aliphatic heterocycles. The Labute approximate surface area is 238 Å². The largest absolute Gasteiger partial charge is 0.465 e. The Kier molecular flexibility index (Phi) is 7.50. The molecule has 0 atom stereocenters. The van der Waals surface area contributed by atoms with Crippen LogP contribution in [0, 0.1) is 0 Å². The van der Waals surface area contributed by atoms with Crippen molar-refractivity contribution in [2.24, 2.45) is 7.05 Å². The fraction of sp³-hybridized carbons (Fsp3) is 0.241. The molecular formula is C29H26F3N5O5. The lowest BCUT2D eigenvalue weighted by Gasteiger charge is -2.33. The molecule has 0 unspecified atom stereocenters. The van der Waals surface area contributed by atoms with Crippen molar-refractivity contribution in [2.45, 2.75) is 6.18 Å². The molecule has 1 aliphatic rings. The summed E-state index contributed by atoms with van der Waals surface area (Å²) in [5.41, 5.74) is 0.893. The lowest BCUT2D eigenvalue weighted by atomic mass is 10.1. The molecule has 218 valence electrons. The number of benzene rings is 2. The van der Waals surface area contributed by atoms with Gasteiger partial charge in [0.05, 0.1) is 23.0 Å². The molecule has 2 aromatic heterocycles. The quantitative estimate of drug-likeness (QED) is 0.352. The Hall–Kier alpha value is -5.07. The highest BCUT2D eigenvalue weighted by atomic mass is 19.4. The summed E-state index contributed by atoms with van der Waals surface area (Å²) in [7, 11) is 3.26. The third-order valence-corrected chi connectivity index (χ3v) is 7.17. The molecular weight excluding hydrogens is 555 g/mol. The summed E-state index contributed by atoms with van der Waals surface area (Å²) in [6.45, 7) is 1.14. The van der Waals surface area contributed by atoms with E-state index in [0.29, 0.717) is 30.2 Å². The van der Waals surface area contributed by atoms with Gasteiger partial charge in [-0.05, 0) is 48.5 Å². The zero-order valence-corrected chi connectivity index (χ0v) is 22.6. The van der Waals surface area contributed by atoms with Crippen LogP contribution >= 0.6 is 0 Å². The second kappa shape index (κ2) is 11.1. The number of anilines is 1. The smallest absolute Gasteiger partial charge is 0.416 e. The van der Waals surface area contributed by atoms with Gasteiger partial charge in [0.2, 0.25) is 5.88 Å². The number of hydrogen-bond acceptors (Lipinski definition) is 5. The average molecular weight is 582 g/mol. The highest BCUT2D eigenvalue weighted by Gasteiger charge is 2.30. The normalized spacial score (nSPS) is 13.7. The van der Waals surface area contributed by atoms with Gasteiger partial charge in [-0.2, -0.15) is 13.2 Å². The zero-order valence-electron chi connectivity index (χ0n) is 22.6. The van der Waals surface area contributed by atoms with Gasteiger partial charge in [0.1, 0.15) is 11.4 Å². The minimum atomic E-state index is -4.49. The number of hydrogen-bond donors (Lipinski definition) is 1. The van der Waals surface area contributed by atoms with Crippen LogP contribution in [0.2, 0.25) is 0 Å². The molecule has 3 amide bonds. The van der Waals surface area contributed by atoms with Gasteiger partial charge < -0.3 is 29.1 Å². The Morgan fingerprint density at radius 3 is 2.19 bits per heavy atom. The molecule has 1 saturated heterocycles. The maximum absolute atomic E-state index is 13.1. The summed E-state index contributed by atoms with van der Waals surface area (Å²) < 4.78 is 46.1. The number of aromatic nitrogens is 2. The van der Waals surface area contributed by atoms with Crippen molar-refractivity contribution in [3.63, 3.8) is 0 Å². The lowest BCUT2D eigenvalue weighted by Crippen LogP contribution is -2.50. The number of fused-ring (bicyclic) bond motifs is 1. The van der Waals surface area contributed by atoms with E-state index in [1.165, 1.54) is 23.0 Å². The number of carboxylic acid groups (broad SMARTS) is 1. The number of halogens is 3.